The Morgan fingerprint density at radius 2 is 1.54 bits per heavy atom. The normalized spacial score (nSPS) is 12.1. The molecule has 2 amide bonds. The molecule has 220 valence electrons. The minimum absolute atomic E-state index is 0.0579. The Kier molecular flexibility index (Phi) is 11.2. The lowest BCUT2D eigenvalue weighted by Gasteiger charge is -2.33. The number of anilines is 1. The van der Waals surface area contributed by atoms with Crippen molar-refractivity contribution >= 4 is 50.7 Å². The summed E-state index contributed by atoms with van der Waals surface area (Å²) < 4.78 is 29.1. The summed E-state index contributed by atoms with van der Waals surface area (Å²) in [7, 11) is -4.15. The van der Waals surface area contributed by atoms with Crippen LogP contribution in [0.4, 0.5) is 5.69 Å². The predicted molar refractivity (Wildman–Crippen MR) is 166 cm³/mol. The molecule has 0 aliphatic rings. The SMILES string of the molecule is CCCNC(=O)[C@H](CC)N(Cc1c(Cl)cccc1Cl)C(=O)CN(c1ccc(C)c(C)c1)S(=O)(=O)c1ccc(C)cc1. The summed E-state index contributed by atoms with van der Waals surface area (Å²) in [6.07, 6.45) is 1.03. The molecule has 10 heteroatoms. The molecule has 3 aromatic carbocycles. The zero-order chi connectivity index (χ0) is 30.3. The highest BCUT2D eigenvalue weighted by atomic mass is 35.5. The van der Waals surface area contributed by atoms with Gasteiger partial charge in [-0.1, -0.05) is 66.9 Å². The first-order valence-corrected chi connectivity index (χ1v) is 15.8. The van der Waals surface area contributed by atoms with Gasteiger partial charge in [0.05, 0.1) is 10.6 Å². The van der Waals surface area contributed by atoms with E-state index in [9.17, 15) is 18.0 Å². The van der Waals surface area contributed by atoms with E-state index in [1.54, 1.807) is 49.4 Å². The molecule has 0 aliphatic carbocycles. The molecule has 0 aliphatic heterocycles. The number of aryl methyl sites for hydroxylation is 3. The van der Waals surface area contributed by atoms with E-state index in [1.807, 2.05) is 33.8 Å². The molecule has 3 rings (SSSR count). The smallest absolute Gasteiger partial charge is 0.264 e. The molecule has 0 aromatic heterocycles. The Bertz CT molecular complexity index is 1470. The van der Waals surface area contributed by atoms with Crippen molar-refractivity contribution < 1.29 is 18.0 Å². The Labute approximate surface area is 253 Å². The molecular formula is C31H37Cl2N3O4S. The van der Waals surface area contributed by atoms with Crippen LogP contribution < -0.4 is 9.62 Å². The van der Waals surface area contributed by atoms with Crippen LogP contribution in [0.15, 0.2) is 65.6 Å². The van der Waals surface area contributed by atoms with Gasteiger partial charge in [-0.2, -0.15) is 0 Å². The van der Waals surface area contributed by atoms with Gasteiger partial charge in [0.1, 0.15) is 12.6 Å². The van der Waals surface area contributed by atoms with Gasteiger partial charge in [-0.25, -0.2) is 8.42 Å². The predicted octanol–water partition coefficient (Wildman–Crippen LogP) is 6.45. The molecule has 0 unspecified atom stereocenters. The van der Waals surface area contributed by atoms with Crippen LogP contribution in [0, 0.1) is 20.8 Å². The fourth-order valence-corrected chi connectivity index (χ4v) is 6.31. The van der Waals surface area contributed by atoms with Crippen LogP contribution >= 0.6 is 23.2 Å². The van der Waals surface area contributed by atoms with Crippen molar-refractivity contribution in [2.24, 2.45) is 0 Å². The van der Waals surface area contributed by atoms with E-state index in [0.29, 0.717) is 34.3 Å². The van der Waals surface area contributed by atoms with Crippen LogP contribution in [-0.4, -0.2) is 44.3 Å². The first-order valence-electron chi connectivity index (χ1n) is 13.6. The molecule has 1 atom stereocenters. The van der Waals surface area contributed by atoms with E-state index in [0.717, 1.165) is 27.4 Å². The van der Waals surface area contributed by atoms with E-state index in [1.165, 1.54) is 17.0 Å². The average Bonchev–Trinajstić information content (AvgIpc) is 2.93. The van der Waals surface area contributed by atoms with Crippen LogP contribution in [-0.2, 0) is 26.2 Å². The maximum absolute atomic E-state index is 14.2. The number of nitrogens with one attached hydrogen (secondary N) is 1. The maximum Gasteiger partial charge on any atom is 0.264 e. The van der Waals surface area contributed by atoms with Gasteiger partial charge in [0, 0.05) is 28.7 Å². The van der Waals surface area contributed by atoms with Crippen LogP contribution in [0.1, 0.15) is 48.9 Å². The highest BCUT2D eigenvalue weighted by Gasteiger charge is 2.34. The summed E-state index contributed by atoms with van der Waals surface area (Å²) in [5.41, 5.74) is 3.60. The molecule has 0 bridgehead atoms. The molecule has 0 spiro atoms. The zero-order valence-corrected chi connectivity index (χ0v) is 26.4. The quantitative estimate of drug-likeness (QED) is 0.253. The van der Waals surface area contributed by atoms with Gasteiger partial charge in [-0.3, -0.25) is 13.9 Å². The molecule has 0 radical (unpaired) electrons. The van der Waals surface area contributed by atoms with Gasteiger partial charge in [0.25, 0.3) is 10.0 Å². The van der Waals surface area contributed by atoms with Crippen LogP contribution in [0.3, 0.4) is 0 Å². The van der Waals surface area contributed by atoms with Gasteiger partial charge in [-0.05, 0) is 81.1 Å². The number of nitrogens with zero attached hydrogens (tertiary/aromatic N) is 2. The fourth-order valence-electron chi connectivity index (χ4n) is 4.39. The van der Waals surface area contributed by atoms with Crippen LogP contribution in [0.25, 0.3) is 0 Å². The number of hydrogen-bond donors (Lipinski definition) is 1. The van der Waals surface area contributed by atoms with Crippen molar-refractivity contribution in [1.82, 2.24) is 10.2 Å². The fraction of sp³-hybridized carbons (Fsp3) is 0.355. The maximum atomic E-state index is 14.2. The zero-order valence-electron chi connectivity index (χ0n) is 24.1. The second kappa shape index (κ2) is 14.2. The lowest BCUT2D eigenvalue weighted by molar-refractivity contribution is -0.140. The highest BCUT2D eigenvalue weighted by Crippen LogP contribution is 2.29. The molecule has 1 N–H and O–H groups in total. The Morgan fingerprint density at radius 1 is 0.902 bits per heavy atom. The minimum atomic E-state index is -4.15. The first kappa shape index (κ1) is 32.4. The summed E-state index contributed by atoms with van der Waals surface area (Å²) in [4.78, 5) is 28.8. The lowest BCUT2D eigenvalue weighted by atomic mass is 10.1. The molecule has 0 heterocycles. The number of benzene rings is 3. The molecule has 0 saturated heterocycles. The van der Waals surface area contributed by atoms with Crippen molar-refractivity contribution in [2.75, 3.05) is 17.4 Å². The topological polar surface area (TPSA) is 86.8 Å². The van der Waals surface area contributed by atoms with Gasteiger partial charge >= 0.3 is 0 Å². The highest BCUT2D eigenvalue weighted by molar-refractivity contribution is 7.92. The van der Waals surface area contributed by atoms with Crippen molar-refractivity contribution in [3.8, 4) is 0 Å². The van der Waals surface area contributed by atoms with Gasteiger partial charge in [0.15, 0.2) is 0 Å². The first-order chi connectivity index (χ1) is 19.4. The number of halogens is 2. The summed E-state index contributed by atoms with van der Waals surface area (Å²) >= 11 is 12.9. The van der Waals surface area contributed by atoms with E-state index in [2.05, 4.69) is 5.32 Å². The summed E-state index contributed by atoms with van der Waals surface area (Å²) in [6, 6.07) is 15.9. The van der Waals surface area contributed by atoms with Crippen LogP contribution in [0.2, 0.25) is 10.0 Å². The van der Waals surface area contributed by atoms with Crippen molar-refractivity contribution in [3.05, 3.63) is 93.0 Å². The molecule has 0 fully saturated rings. The Hall–Kier alpha value is -3.07. The monoisotopic (exact) mass is 617 g/mol. The number of rotatable bonds is 12. The third kappa shape index (κ3) is 7.82. The van der Waals surface area contributed by atoms with E-state index in [4.69, 9.17) is 23.2 Å². The van der Waals surface area contributed by atoms with Gasteiger partial charge < -0.3 is 10.2 Å². The largest absolute Gasteiger partial charge is 0.354 e. The lowest BCUT2D eigenvalue weighted by Crippen LogP contribution is -2.52. The van der Waals surface area contributed by atoms with Gasteiger partial charge in [0.2, 0.25) is 11.8 Å². The third-order valence-electron chi connectivity index (χ3n) is 6.99. The molecule has 7 nitrogen and oxygen atoms in total. The molecule has 41 heavy (non-hydrogen) atoms. The third-order valence-corrected chi connectivity index (χ3v) is 9.49. The van der Waals surface area contributed by atoms with Crippen molar-refractivity contribution in [2.45, 2.75) is 64.9 Å². The van der Waals surface area contributed by atoms with Crippen LogP contribution in [0.5, 0.6) is 0 Å². The van der Waals surface area contributed by atoms with Gasteiger partial charge in [-0.15, -0.1) is 0 Å². The van der Waals surface area contributed by atoms with E-state index < -0.39 is 28.5 Å². The summed E-state index contributed by atoms with van der Waals surface area (Å²) in [6.45, 7) is 9.26. The minimum Gasteiger partial charge on any atom is -0.354 e. The summed E-state index contributed by atoms with van der Waals surface area (Å²) in [5, 5.41) is 3.55. The molecule has 0 saturated carbocycles. The molecule has 3 aromatic rings. The second-order valence-corrected chi connectivity index (χ2v) is 12.7. The standard InChI is InChI=1S/C31H37Cl2N3O4S/c1-6-17-34-31(38)29(7-2)35(19-26-27(32)9-8-10-28(26)33)30(37)20-36(24-14-13-22(4)23(5)18-24)41(39,40)25-15-11-21(3)12-16-25/h8-16,18,29H,6-7,17,19-20H2,1-5H3,(H,34,38)/t29-/m0/s1. The number of hydrogen-bond acceptors (Lipinski definition) is 4. The van der Waals surface area contributed by atoms with Crippen molar-refractivity contribution in [1.29, 1.82) is 0 Å². The van der Waals surface area contributed by atoms with E-state index in [-0.39, 0.29) is 17.3 Å². The van der Waals surface area contributed by atoms with Crippen molar-refractivity contribution in [3.63, 3.8) is 0 Å². The Balaban J connectivity index is 2.11. The second-order valence-electron chi connectivity index (χ2n) is 10.0. The number of carbonyl (C=O) groups excluding carboxylic acids is 2. The van der Waals surface area contributed by atoms with E-state index >= 15 is 0 Å². The Morgan fingerprint density at radius 3 is 2.10 bits per heavy atom. The number of amides is 2. The number of sulfonamides is 1. The number of carbonyl (C=O) groups is 2. The molecular weight excluding hydrogens is 581 g/mol. The average molecular weight is 619 g/mol. The summed E-state index contributed by atoms with van der Waals surface area (Å²) in [5.74, 6) is -0.890.